The summed E-state index contributed by atoms with van der Waals surface area (Å²) in [4.78, 5) is 13.1. The zero-order valence-corrected chi connectivity index (χ0v) is 10.7. The minimum Gasteiger partial charge on any atom is -0.394 e. The molecular formula is C11H13BrFNO2. The van der Waals surface area contributed by atoms with Gasteiger partial charge in [0.25, 0.3) is 5.91 Å². The van der Waals surface area contributed by atoms with Gasteiger partial charge in [0, 0.05) is 11.5 Å². The van der Waals surface area contributed by atoms with Crippen LogP contribution in [0.15, 0.2) is 22.7 Å². The van der Waals surface area contributed by atoms with Crippen molar-refractivity contribution in [3.63, 3.8) is 0 Å². The monoisotopic (exact) mass is 289 g/mol. The summed E-state index contributed by atoms with van der Waals surface area (Å²) in [5.41, 5.74) is 0.00556. The first kappa shape index (κ1) is 13.1. The third kappa shape index (κ3) is 2.80. The number of benzene rings is 1. The maximum absolute atomic E-state index is 13.5. The molecule has 0 aliphatic rings. The summed E-state index contributed by atoms with van der Waals surface area (Å²) in [6.45, 7) is 1.54. The van der Waals surface area contributed by atoms with Gasteiger partial charge in [-0.3, -0.25) is 4.79 Å². The molecule has 5 heteroatoms. The fraction of sp³-hybridized carbons (Fsp3) is 0.364. The Balaban J connectivity index is 2.96. The van der Waals surface area contributed by atoms with E-state index in [9.17, 15) is 9.18 Å². The summed E-state index contributed by atoms with van der Waals surface area (Å²) in [5, 5.41) is 8.92. The lowest BCUT2D eigenvalue weighted by Crippen LogP contribution is -2.37. The first-order chi connectivity index (χ1) is 7.47. The van der Waals surface area contributed by atoms with Crippen molar-refractivity contribution in [3.8, 4) is 0 Å². The first-order valence-corrected chi connectivity index (χ1v) is 5.59. The van der Waals surface area contributed by atoms with Crippen molar-refractivity contribution in [3.05, 3.63) is 34.1 Å². The molecule has 0 radical (unpaired) electrons. The molecule has 1 amide bonds. The lowest BCUT2D eigenvalue weighted by molar-refractivity contribution is 0.0677. The fourth-order valence-electron chi connectivity index (χ4n) is 1.18. The van der Waals surface area contributed by atoms with Gasteiger partial charge in [0.05, 0.1) is 18.2 Å². The van der Waals surface area contributed by atoms with E-state index >= 15 is 0 Å². The van der Waals surface area contributed by atoms with Crippen LogP contribution in [-0.4, -0.2) is 35.6 Å². The van der Waals surface area contributed by atoms with Crippen LogP contribution in [0.3, 0.4) is 0 Å². The predicted octanol–water partition coefficient (Wildman–Crippen LogP) is 2.04. The van der Waals surface area contributed by atoms with Gasteiger partial charge in [-0.2, -0.15) is 0 Å². The molecule has 88 valence electrons. The SMILES string of the molecule is CC(CO)N(C)C(=O)c1ccc(Br)cc1F. The highest BCUT2D eigenvalue weighted by Gasteiger charge is 2.19. The van der Waals surface area contributed by atoms with Crippen molar-refractivity contribution in [2.75, 3.05) is 13.7 Å². The molecule has 0 saturated carbocycles. The number of aliphatic hydroxyl groups excluding tert-OH is 1. The van der Waals surface area contributed by atoms with Gasteiger partial charge in [-0.15, -0.1) is 0 Å². The normalized spacial score (nSPS) is 12.3. The molecule has 0 aromatic heterocycles. The van der Waals surface area contributed by atoms with Crippen LogP contribution in [0.4, 0.5) is 4.39 Å². The van der Waals surface area contributed by atoms with Crippen molar-refractivity contribution in [1.29, 1.82) is 0 Å². The van der Waals surface area contributed by atoms with E-state index < -0.39 is 11.7 Å². The topological polar surface area (TPSA) is 40.5 Å². The van der Waals surface area contributed by atoms with Crippen LogP contribution in [0, 0.1) is 5.82 Å². The predicted molar refractivity (Wildman–Crippen MR) is 62.7 cm³/mol. The highest BCUT2D eigenvalue weighted by Crippen LogP contribution is 2.17. The maximum atomic E-state index is 13.5. The molecule has 1 aromatic carbocycles. The van der Waals surface area contributed by atoms with Gasteiger partial charge in [0.15, 0.2) is 0 Å². The van der Waals surface area contributed by atoms with Crippen molar-refractivity contribution in [2.24, 2.45) is 0 Å². The molecule has 0 spiro atoms. The number of likely N-dealkylation sites (N-methyl/N-ethyl adjacent to an activating group) is 1. The van der Waals surface area contributed by atoms with E-state index in [1.165, 1.54) is 24.1 Å². The highest BCUT2D eigenvalue weighted by atomic mass is 79.9. The molecule has 1 rings (SSSR count). The van der Waals surface area contributed by atoms with Gasteiger partial charge in [0.1, 0.15) is 5.82 Å². The Bertz CT molecular complexity index is 398. The highest BCUT2D eigenvalue weighted by molar-refractivity contribution is 9.10. The van der Waals surface area contributed by atoms with Crippen LogP contribution in [0.2, 0.25) is 0 Å². The molecule has 0 bridgehead atoms. The quantitative estimate of drug-likeness (QED) is 0.925. The van der Waals surface area contributed by atoms with Crippen molar-refractivity contribution in [1.82, 2.24) is 4.90 Å². The molecule has 0 fully saturated rings. The van der Waals surface area contributed by atoms with Crippen LogP contribution >= 0.6 is 15.9 Å². The molecule has 1 atom stereocenters. The largest absolute Gasteiger partial charge is 0.394 e. The van der Waals surface area contributed by atoms with Crippen LogP contribution in [-0.2, 0) is 0 Å². The average Bonchev–Trinajstić information content (AvgIpc) is 2.26. The van der Waals surface area contributed by atoms with Crippen LogP contribution in [0.1, 0.15) is 17.3 Å². The Morgan fingerprint density at radius 2 is 2.25 bits per heavy atom. The summed E-state index contributed by atoms with van der Waals surface area (Å²) in [6.07, 6.45) is 0. The summed E-state index contributed by atoms with van der Waals surface area (Å²) in [6, 6.07) is 3.93. The Morgan fingerprint density at radius 3 is 2.75 bits per heavy atom. The number of carbonyl (C=O) groups is 1. The van der Waals surface area contributed by atoms with Crippen LogP contribution in [0.5, 0.6) is 0 Å². The number of hydrogen-bond donors (Lipinski definition) is 1. The second-order valence-electron chi connectivity index (χ2n) is 3.57. The van der Waals surface area contributed by atoms with E-state index in [1.807, 2.05) is 0 Å². The fourth-order valence-corrected chi connectivity index (χ4v) is 1.51. The number of halogens is 2. The number of rotatable bonds is 3. The van der Waals surface area contributed by atoms with Crippen LogP contribution in [0.25, 0.3) is 0 Å². The number of aliphatic hydroxyl groups is 1. The third-order valence-corrected chi connectivity index (χ3v) is 2.90. The van der Waals surface area contributed by atoms with E-state index in [0.717, 1.165) is 0 Å². The van der Waals surface area contributed by atoms with Crippen molar-refractivity contribution >= 4 is 21.8 Å². The van der Waals surface area contributed by atoms with E-state index in [4.69, 9.17) is 5.11 Å². The van der Waals surface area contributed by atoms with Gasteiger partial charge < -0.3 is 10.0 Å². The second-order valence-corrected chi connectivity index (χ2v) is 4.49. The molecule has 1 unspecified atom stereocenters. The molecule has 0 aliphatic heterocycles. The zero-order chi connectivity index (χ0) is 12.3. The van der Waals surface area contributed by atoms with Crippen molar-refractivity contribution in [2.45, 2.75) is 13.0 Å². The second kappa shape index (κ2) is 5.41. The van der Waals surface area contributed by atoms with E-state index in [0.29, 0.717) is 4.47 Å². The van der Waals surface area contributed by atoms with Crippen molar-refractivity contribution < 1.29 is 14.3 Å². The Labute approximate surface area is 102 Å². The molecular weight excluding hydrogens is 277 g/mol. The average molecular weight is 290 g/mol. The summed E-state index contributed by atoms with van der Waals surface area (Å²) in [7, 11) is 1.53. The summed E-state index contributed by atoms with van der Waals surface area (Å²) in [5.74, 6) is -1.01. The van der Waals surface area contributed by atoms with E-state index in [-0.39, 0.29) is 18.2 Å². The Kier molecular flexibility index (Phi) is 4.44. The molecule has 3 nitrogen and oxygen atoms in total. The maximum Gasteiger partial charge on any atom is 0.256 e. The third-order valence-electron chi connectivity index (χ3n) is 2.41. The molecule has 0 aliphatic carbocycles. The standard InChI is InChI=1S/C11H13BrFNO2/c1-7(6-15)14(2)11(16)9-4-3-8(12)5-10(9)13/h3-5,7,15H,6H2,1-2H3. The van der Waals surface area contributed by atoms with Gasteiger partial charge in [-0.1, -0.05) is 15.9 Å². The number of hydrogen-bond acceptors (Lipinski definition) is 2. The number of amides is 1. The van der Waals surface area contributed by atoms with Gasteiger partial charge in [-0.05, 0) is 25.1 Å². The number of carbonyl (C=O) groups excluding carboxylic acids is 1. The molecule has 0 saturated heterocycles. The Morgan fingerprint density at radius 1 is 1.62 bits per heavy atom. The lowest BCUT2D eigenvalue weighted by Gasteiger charge is -2.23. The minimum atomic E-state index is -0.573. The summed E-state index contributed by atoms with van der Waals surface area (Å²) >= 11 is 3.12. The molecule has 1 aromatic rings. The summed E-state index contributed by atoms with van der Waals surface area (Å²) < 4.78 is 14.1. The molecule has 1 N–H and O–H groups in total. The van der Waals surface area contributed by atoms with E-state index in [2.05, 4.69) is 15.9 Å². The minimum absolute atomic E-state index is 0.00556. The Hall–Kier alpha value is -0.940. The van der Waals surface area contributed by atoms with Gasteiger partial charge in [0.2, 0.25) is 0 Å². The van der Waals surface area contributed by atoms with Gasteiger partial charge in [-0.25, -0.2) is 4.39 Å². The smallest absolute Gasteiger partial charge is 0.256 e. The van der Waals surface area contributed by atoms with Crippen LogP contribution < -0.4 is 0 Å². The lowest BCUT2D eigenvalue weighted by atomic mass is 10.1. The van der Waals surface area contributed by atoms with Gasteiger partial charge >= 0.3 is 0 Å². The first-order valence-electron chi connectivity index (χ1n) is 4.80. The molecule has 0 heterocycles. The van der Waals surface area contributed by atoms with E-state index in [1.54, 1.807) is 13.0 Å². The zero-order valence-electron chi connectivity index (χ0n) is 9.08. The number of nitrogens with zero attached hydrogens (tertiary/aromatic N) is 1. The molecule has 16 heavy (non-hydrogen) atoms.